The highest BCUT2D eigenvalue weighted by molar-refractivity contribution is 5.12. The van der Waals surface area contributed by atoms with E-state index in [1.165, 1.54) is 25.7 Å². The van der Waals surface area contributed by atoms with Crippen molar-refractivity contribution in [3.05, 3.63) is 11.7 Å². The lowest BCUT2D eigenvalue weighted by molar-refractivity contribution is 0.292. The first-order valence-corrected chi connectivity index (χ1v) is 6.62. The third kappa shape index (κ3) is 1.68. The summed E-state index contributed by atoms with van der Waals surface area (Å²) in [7, 11) is 0. The van der Waals surface area contributed by atoms with Crippen molar-refractivity contribution in [2.75, 3.05) is 13.1 Å². The van der Waals surface area contributed by atoms with Crippen LogP contribution in [0.2, 0.25) is 0 Å². The van der Waals surface area contributed by atoms with Gasteiger partial charge in [-0.2, -0.15) is 4.98 Å². The molecule has 3 fully saturated rings. The molecule has 17 heavy (non-hydrogen) atoms. The van der Waals surface area contributed by atoms with E-state index >= 15 is 0 Å². The van der Waals surface area contributed by atoms with Gasteiger partial charge in [-0.15, -0.1) is 0 Å². The Bertz CT molecular complexity index is 437. The third-order valence-corrected chi connectivity index (χ3v) is 4.21. The van der Waals surface area contributed by atoms with Crippen LogP contribution >= 0.6 is 0 Å². The minimum atomic E-state index is -0.376. The summed E-state index contributed by atoms with van der Waals surface area (Å²) in [5, 5.41) is 4.11. The monoisotopic (exact) mass is 234 g/mol. The molecule has 1 aromatic heterocycles. The van der Waals surface area contributed by atoms with Gasteiger partial charge < -0.3 is 10.3 Å². The summed E-state index contributed by atoms with van der Waals surface area (Å²) in [6.45, 7) is 1.97. The van der Waals surface area contributed by atoms with Crippen molar-refractivity contribution in [3.63, 3.8) is 0 Å². The van der Waals surface area contributed by atoms with E-state index in [1.807, 2.05) is 0 Å². The molecule has 1 saturated heterocycles. The van der Waals surface area contributed by atoms with E-state index in [2.05, 4.69) is 15.0 Å². The fraction of sp³-hybridized carbons (Fsp3) is 0.833. The van der Waals surface area contributed by atoms with E-state index in [-0.39, 0.29) is 5.54 Å². The molecule has 1 aliphatic heterocycles. The summed E-state index contributed by atoms with van der Waals surface area (Å²) in [6, 6.07) is 0.773. The fourth-order valence-electron chi connectivity index (χ4n) is 2.73. The molecule has 4 rings (SSSR count). The van der Waals surface area contributed by atoms with Gasteiger partial charge in [0.15, 0.2) is 5.82 Å². The molecule has 0 amide bonds. The van der Waals surface area contributed by atoms with Gasteiger partial charge in [0.2, 0.25) is 5.89 Å². The molecule has 0 radical (unpaired) electrons. The van der Waals surface area contributed by atoms with Crippen LogP contribution in [0.3, 0.4) is 0 Å². The smallest absolute Gasteiger partial charge is 0.229 e. The van der Waals surface area contributed by atoms with E-state index < -0.39 is 0 Å². The molecule has 0 aromatic carbocycles. The Hall–Kier alpha value is -0.940. The molecule has 2 heterocycles. The van der Waals surface area contributed by atoms with Crippen molar-refractivity contribution in [1.82, 2.24) is 15.0 Å². The summed E-state index contributed by atoms with van der Waals surface area (Å²) in [6.07, 6.45) is 5.99. The van der Waals surface area contributed by atoms with Gasteiger partial charge in [0, 0.05) is 25.0 Å². The lowest BCUT2D eigenvalue weighted by Crippen LogP contribution is -2.41. The van der Waals surface area contributed by atoms with E-state index in [4.69, 9.17) is 10.3 Å². The van der Waals surface area contributed by atoms with Crippen molar-refractivity contribution in [2.24, 2.45) is 5.73 Å². The Balaban J connectivity index is 1.55. The maximum atomic E-state index is 6.44. The molecule has 2 saturated carbocycles. The van der Waals surface area contributed by atoms with Crippen LogP contribution < -0.4 is 5.73 Å². The average Bonchev–Trinajstić information content (AvgIpc) is 3.25. The Labute approximate surface area is 100 Å². The standard InChI is InChI=1S/C12H18N4O/c13-12(5-6-16(7-12)9-3-4-9)11-14-10(17-15-11)8-1-2-8/h8-9H,1-7,13H2. The van der Waals surface area contributed by atoms with Gasteiger partial charge >= 0.3 is 0 Å². The predicted molar refractivity (Wildman–Crippen MR) is 61.4 cm³/mol. The maximum absolute atomic E-state index is 6.44. The quantitative estimate of drug-likeness (QED) is 0.844. The van der Waals surface area contributed by atoms with Crippen LogP contribution in [0.5, 0.6) is 0 Å². The van der Waals surface area contributed by atoms with Gasteiger partial charge in [-0.25, -0.2) is 0 Å². The zero-order chi connectivity index (χ0) is 11.5. The summed E-state index contributed by atoms with van der Waals surface area (Å²) >= 11 is 0. The molecule has 1 unspecified atom stereocenters. The van der Waals surface area contributed by atoms with Gasteiger partial charge in [0.05, 0.1) is 5.54 Å². The van der Waals surface area contributed by atoms with Gasteiger partial charge in [0.25, 0.3) is 0 Å². The number of aromatic nitrogens is 2. The van der Waals surface area contributed by atoms with Crippen LogP contribution in [0.1, 0.15) is 49.7 Å². The van der Waals surface area contributed by atoms with E-state index in [1.54, 1.807) is 0 Å². The Morgan fingerprint density at radius 1 is 1.29 bits per heavy atom. The van der Waals surface area contributed by atoms with Crippen LogP contribution in [-0.2, 0) is 5.54 Å². The molecule has 92 valence electrons. The lowest BCUT2D eigenvalue weighted by atomic mass is 9.99. The molecular formula is C12H18N4O. The molecule has 0 bridgehead atoms. The first-order chi connectivity index (χ1) is 8.24. The maximum Gasteiger partial charge on any atom is 0.229 e. The number of nitrogens with two attached hydrogens (primary N) is 1. The fourth-order valence-corrected chi connectivity index (χ4v) is 2.73. The number of nitrogens with zero attached hydrogens (tertiary/aromatic N) is 3. The summed E-state index contributed by atoms with van der Waals surface area (Å²) in [4.78, 5) is 6.99. The highest BCUT2D eigenvalue weighted by Crippen LogP contribution is 2.40. The van der Waals surface area contributed by atoms with Crippen LogP contribution in [0.25, 0.3) is 0 Å². The number of hydrogen-bond acceptors (Lipinski definition) is 5. The van der Waals surface area contributed by atoms with Gasteiger partial charge in [-0.1, -0.05) is 5.16 Å². The molecule has 3 aliphatic rings. The van der Waals surface area contributed by atoms with E-state index in [0.29, 0.717) is 5.92 Å². The largest absolute Gasteiger partial charge is 0.339 e. The Kier molecular flexibility index (Phi) is 1.94. The van der Waals surface area contributed by atoms with Crippen molar-refractivity contribution in [3.8, 4) is 0 Å². The second-order valence-electron chi connectivity index (χ2n) is 5.84. The minimum absolute atomic E-state index is 0.376. The van der Waals surface area contributed by atoms with Crippen molar-refractivity contribution >= 4 is 0 Å². The van der Waals surface area contributed by atoms with Crippen molar-refractivity contribution in [2.45, 2.75) is 49.6 Å². The zero-order valence-electron chi connectivity index (χ0n) is 9.93. The van der Waals surface area contributed by atoms with Crippen molar-refractivity contribution < 1.29 is 4.52 Å². The number of rotatable bonds is 3. The minimum Gasteiger partial charge on any atom is -0.339 e. The first kappa shape index (κ1) is 10.0. The molecule has 5 nitrogen and oxygen atoms in total. The average molecular weight is 234 g/mol. The molecule has 0 spiro atoms. The van der Waals surface area contributed by atoms with Gasteiger partial charge in [-0.05, 0) is 32.1 Å². The molecular weight excluding hydrogens is 216 g/mol. The molecule has 1 aromatic rings. The third-order valence-electron chi connectivity index (χ3n) is 4.21. The van der Waals surface area contributed by atoms with Gasteiger partial charge in [0.1, 0.15) is 0 Å². The van der Waals surface area contributed by atoms with E-state index in [9.17, 15) is 0 Å². The Morgan fingerprint density at radius 3 is 2.82 bits per heavy atom. The SMILES string of the molecule is NC1(c2noc(C3CC3)n2)CCN(C2CC2)C1. The van der Waals surface area contributed by atoms with Crippen LogP contribution in [0.15, 0.2) is 4.52 Å². The lowest BCUT2D eigenvalue weighted by Gasteiger charge is -2.20. The normalized spacial score (nSPS) is 34.4. The highest BCUT2D eigenvalue weighted by Gasteiger charge is 2.45. The number of likely N-dealkylation sites (tertiary alicyclic amines) is 1. The molecule has 2 N–H and O–H groups in total. The van der Waals surface area contributed by atoms with E-state index in [0.717, 1.165) is 37.3 Å². The van der Waals surface area contributed by atoms with Crippen LogP contribution in [-0.4, -0.2) is 34.2 Å². The van der Waals surface area contributed by atoms with Crippen LogP contribution in [0, 0.1) is 0 Å². The van der Waals surface area contributed by atoms with Crippen molar-refractivity contribution in [1.29, 1.82) is 0 Å². The summed E-state index contributed by atoms with van der Waals surface area (Å²) in [5.74, 6) is 2.04. The second-order valence-corrected chi connectivity index (χ2v) is 5.84. The van der Waals surface area contributed by atoms with Gasteiger partial charge in [-0.3, -0.25) is 4.90 Å². The summed E-state index contributed by atoms with van der Waals surface area (Å²) in [5.41, 5.74) is 6.07. The topological polar surface area (TPSA) is 68.2 Å². The second kappa shape index (κ2) is 3.29. The predicted octanol–water partition coefficient (Wildman–Crippen LogP) is 0.969. The Morgan fingerprint density at radius 2 is 2.12 bits per heavy atom. The molecule has 1 atom stereocenters. The molecule has 2 aliphatic carbocycles. The molecule has 5 heteroatoms. The first-order valence-electron chi connectivity index (χ1n) is 6.62. The summed E-state index contributed by atoms with van der Waals surface area (Å²) < 4.78 is 5.32. The number of hydrogen-bond donors (Lipinski definition) is 1. The highest BCUT2D eigenvalue weighted by atomic mass is 16.5. The zero-order valence-corrected chi connectivity index (χ0v) is 9.93. The van der Waals surface area contributed by atoms with Crippen LogP contribution in [0.4, 0.5) is 0 Å².